The van der Waals surface area contributed by atoms with Gasteiger partial charge in [0.1, 0.15) is 23.7 Å². The molecule has 0 atom stereocenters. The normalized spacial score (nSPS) is 14.7. The summed E-state index contributed by atoms with van der Waals surface area (Å²) in [6.07, 6.45) is 1.41. The van der Waals surface area contributed by atoms with Crippen LogP contribution in [0.2, 0.25) is 5.02 Å². The molecule has 0 radical (unpaired) electrons. The third-order valence-corrected chi connectivity index (χ3v) is 6.71. The van der Waals surface area contributed by atoms with E-state index in [-0.39, 0.29) is 17.9 Å². The van der Waals surface area contributed by atoms with Crippen LogP contribution >= 0.6 is 11.6 Å². The summed E-state index contributed by atoms with van der Waals surface area (Å²) in [5, 5.41) is 4.78. The van der Waals surface area contributed by atoms with Gasteiger partial charge in [0.2, 0.25) is 0 Å². The van der Waals surface area contributed by atoms with Crippen molar-refractivity contribution in [3.63, 3.8) is 0 Å². The van der Waals surface area contributed by atoms with E-state index in [4.69, 9.17) is 21.1 Å². The van der Waals surface area contributed by atoms with E-state index in [0.29, 0.717) is 22.1 Å². The molecular formula is C30H23ClN2O5. The van der Waals surface area contributed by atoms with Crippen LogP contribution in [-0.2, 0) is 16.2 Å². The third kappa shape index (κ3) is 4.84. The van der Waals surface area contributed by atoms with E-state index < -0.39 is 17.8 Å². The number of nitrogens with zero attached hydrogens (tertiary/aromatic N) is 1. The maximum atomic E-state index is 13.4. The SMILES string of the molecule is COc1ccc(/C=C2\C(=O)NC(=O)N(c3ccc(C)c(Cl)c3)C2=O)c(OCc2cccc3ccccc23)c1. The Morgan fingerprint density at radius 1 is 0.947 bits per heavy atom. The van der Waals surface area contributed by atoms with Gasteiger partial charge in [-0.3, -0.25) is 14.9 Å². The van der Waals surface area contributed by atoms with Crippen molar-refractivity contribution in [2.75, 3.05) is 12.0 Å². The highest BCUT2D eigenvalue weighted by atomic mass is 35.5. The molecule has 38 heavy (non-hydrogen) atoms. The molecule has 1 heterocycles. The highest BCUT2D eigenvalue weighted by Crippen LogP contribution is 2.31. The molecule has 5 rings (SSSR count). The number of urea groups is 1. The average Bonchev–Trinajstić information content (AvgIpc) is 2.92. The molecule has 0 spiro atoms. The number of methoxy groups -OCH3 is 1. The Morgan fingerprint density at radius 2 is 1.74 bits per heavy atom. The largest absolute Gasteiger partial charge is 0.497 e. The number of nitrogens with one attached hydrogen (secondary N) is 1. The van der Waals surface area contributed by atoms with Crippen LogP contribution in [-0.4, -0.2) is 25.0 Å². The molecule has 1 saturated heterocycles. The fourth-order valence-electron chi connectivity index (χ4n) is 4.23. The van der Waals surface area contributed by atoms with Gasteiger partial charge in [-0.1, -0.05) is 60.1 Å². The number of imide groups is 2. The molecule has 4 aromatic rings. The maximum absolute atomic E-state index is 13.4. The van der Waals surface area contributed by atoms with Gasteiger partial charge in [-0.05, 0) is 59.2 Å². The summed E-state index contributed by atoms with van der Waals surface area (Å²) in [6, 6.07) is 23.0. The van der Waals surface area contributed by atoms with Crippen LogP contribution in [0.3, 0.4) is 0 Å². The van der Waals surface area contributed by atoms with Crippen molar-refractivity contribution < 1.29 is 23.9 Å². The summed E-state index contributed by atoms with van der Waals surface area (Å²) in [6.45, 7) is 2.06. The second kappa shape index (κ2) is 10.4. The minimum absolute atomic E-state index is 0.221. The van der Waals surface area contributed by atoms with Crippen LogP contribution in [0.5, 0.6) is 11.5 Å². The van der Waals surface area contributed by atoms with Crippen molar-refractivity contribution in [2.24, 2.45) is 0 Å². The number of barbiturate groups is 1. The standard InChI is InChI=1S/C30H23ClN2O5/c1-18-10-12-22(15-26(18)31)33-29(35)25(28(34)32-30(33)36)14-20-11-13-23(37-2)16-27(20)38-17-21-8-5-7-19-6-3-4-9-24(19)21/h3-16H,17H2,1-2H3,(H,32,34,36)/b25-14+. The lowest BCUT2D eigenvalue weighted by Crippen LogP contribution is -2.54. The maximum Gasteiger partial charge on any atom is 0.335 e. The lowest BCUT2D eigenvalue weighted by atomic mass is 10.0. The van der Waals surface area contributed by atoms with Gasteiger partial charge in [-0.25, -0.2) is 9.69 Å². The van der Waals surface area contributed by atoms with E-state index in [1.54, 1.807) is 30.3 Å². The fraction of sp³-hybridized carbons (Fsp3) is 0.100. The van der Waals surface area contributed by atoms with Crippen LogP contribution < -0.4 is 19.7 Å². The smallest absolute Gasteiger partial charge is 0.335 e. The molecule has 0 bridgehead atoms. The second-order valence-corrected chi connectivity index (χ2v) is 9.13. The monoisotopic (exact) mass is 526 g/mol. The Morgan fingerprint density at radius 3 is 2.53 bits per heavy atom. The topological polar surface area (TPSA) is 84.9 Å². The summed E-state index contributed by atoms with van der Waals surface area (Å²) in [4.78, 5) is 39.6. The minimum Gasteiger partial charge on any atom is -0.497 e. The van der Waals surface area contributed by atoms with Crippen molar-refractivity contribution in [3.05, 3.63) is 106 Å². The zero-order chi connectivity index (χ0) is 26.8. The van der Waals surface area contributed by atoms with Gasteiger partial charge in [0.15, 0.2) is 0 Å². The van der Waals surface area contributed by atoms with Gasteiger partial charge in [0.05, 0.1) is 12.8 Å². The number of hydrogen-bond donors (Lipinski definition) is 1. The molecule has 1 N–H and O–H groups in total. The Balaban J connectivity index is 1.50. The van der Waals surface area contributed by atoms with Crippen molar-refractivity contribution in [1.29, 1.82) is 0 Å². The lowest BCUT2D eigenvalue weighted by Gasteiger charge is -2.26. The molecule has 4 amide bonds. The predicted molar refractivity (Wildman–Crippen MR) is 146 cm³/mol. The van der Waals surface area contributed by atoms with Gasteiger partial charge >= 0.3 is 6.03 Å². The number of carbonyl (C=O) groups excluding carboxylic acids is 3. The quantitative estimate of drug-likeness (QED) is 0.244. The molecule has 1 fully saturated rings. The first-order valence-corrected chi connectivity index (χ1v) is 12.2. The van der Waals surface area contributed by atoms with Crippen molar-refractivity contribution in [1.82, 2.24) is 5.32 Å². The minimum atomic E-state index is -0.848. The summed E-state index contributed by atoms with van der Waals surface area (Å²) in [7, 11) is 1.54. The Labute approximate surface area is 224 Å². The van der Waals surface area contributed by atoms with Gasteiger partial charge in [0, 0.05) is 16.7 Å². The average molecular weight is 527 g/mol. The van der Waals surface area contributed by atoms with E-state index in [1.807, 2.05) is 49.4 Å². The van der Waals surface area contributed by atoms with Crippen LogP contribution in [0.4, 0.5) is 10.5 Å². The van der Waals surface area contributed by atoms with Crippen molar-refractivity contribution in [3.8, 4) is 11.5 Å². The van der Waals surface area contributed by atoms with Crippen LogP contribution in [0.25, 0.3) is 16.8 Å². The third-order valence-electron chi connectivity index (χ3n) is 6.30. The molecule has 8 heteroatoms. The first-order chi connectivity index (χ1) is 18.4. The van der Waals surface area contributed by atoms with Gasteiger partial charge in [-0.15, -0.1) is 0 Å². The van der Waals surface area contributed by atoms with Crippen molar-refractivity contribution >= 4 is 52.0 Å². The van der Waals surface area contributed by atoms with Crippen LogP contribution in [0.1, 0.15) is 16.7 Å². The highest BCUT2D eigenvalue weighted by molar-refractivity contribution is 6.39. The molecule has 0 aliphatic carbocycles. The fourth-order valence-corrected chi connectivity index (χ4v) is 4.40. The molecule has 0 saturated carbocycles. The van der Waals surface area contributed by atoms with E-state index in [2.05, 4.69) is 5.32 Å². The van der Waals surface area contributed by atoms with E-state index >= 15 is 0 Å². The summed E-state index contributed by atoms with van der Waals surface area (Å²) >= 11 is 6.21. The Kier molecular flexibility index (Phi) is 6.85. The summed E-state index contributed by atoms with van der Waals surface area (Å²) in [5.74, 6) is -0.613. The van der Waals surface area contributed by atoms with E-state index in [9.17, 15) is 14.4 Å². The van der Waals surface area contributed by atoms with Gasteiger partial charge < -0.3 is 9.47 Å². The summed E-state index contributed by atoms with van der Waals surface area (Å²) in [5.41, 5.74) is 2.27. The molecule has 7 nitrogen and oxygen atoms in total. The molecule has 4 aromatic carbocycles. The molecular weight excluding hydrogens is 504 g/mol. The number of rotatable bonds is 6. The number of anilines is 1. The lowest BCUT2D eigenvalue weighted by molar-refractivity contribution is -0.122. The molecule has 1 aliphatic rings. The highest BCUT2D eigenvalue weighted by Gasteiger charge is 2.37. The second-order valence-electron chi connectivity index (χ2n) is 8.72. The van der Waals surface area contributed by atoms with Crippen LogP contribution in [0.15, 0.2) is 84.4 Å². The number of aryl methyl sites for hydroxylation is 1. The zero-order valence-electron chi connectivity index (χ0n) is 20.7. The van der Waals surface area contributed by atoms with Gasteiger partial charge in [-0.2, -0.15) is 0 Å². The first-order valence-electron chi connectivity index (χ1n) is 11.8. The Bertz CT molecular complexity index is 1620. The predicted octanol–water partition coefficient (Wildman–Crippen LogP) is 6.06. The molecule has 0 aromatic heterocycles. The van der Waals surface area contributed by atoms with E-state index in [0.717, 1.165) is 26.8 Å². The number of ether oxygens (including phenoxy) is 2. The number of hydrogen-bond acceptors (Lipinski definition) is 5. The number of benzene rings is 4. The number of amides is 4. The molecule has 1 aliphatic heterocycles. The van der Waals surface area contributed by atoms with Gasteiger partial charge in [0.25, 0.3) is 11.8 Å². The zero-order valence-corrected chi connectivity index (χ0v) is 21.4. The molecule has 190 valence electrons. The number of carbonyl (C=O) groups is 3. The summed E-state index contributed by atoms with van der Waals surface area (Å²) < 4.78 is 11.5. The number of halogens is 1. The van der Waals surface area contributed by atoms with Crippen LogP contribution in [0, 0.1) is 6.92 Å². The number of fused-ring (bicyclic) bond motifs is 1. The van der Waals surface area contributed by atoms with E-state index in [1.165, 1.54) is 19.3 Å². The Hall–Kier alpha value is -4.62. The van der Waals surface area contributed by atoms with Crippen molar-refractivity contribution in [2.45, 2.75) is 13.5 Å². The first kappa shape index (κ1) is 25.0. The molecule has 0 unspecified atom stereocenters.